The number of hydrogen-bond donors (Lipinski definition) is 0. The molecule has 3 nitrogen and oxygen atoms in total. The predicted octanol–water partition coefficient (Wildman–Crippen LogP) is 0.749. The average molecular weight is 216 g/mol. The summed E-state index contributed by atoms with van der Waals surface area (Å²) in [7, 11) is 0. The number of alkyl halides is 1. The van der Waals surface area contributed by atoms with Crippen LogP contribution in [0.25, 0.3) is 0 Å². The van der Waals surface area contributed by atoms with Crippen molar-refractivity contribution in [2.24, 2.45) is 0 Å². The third-order valence-electron chi connectivity index (χ3n) is 3.27. The highest BCUT2D eigenvalue weighted by atomic mass is 19.1. The van der Waals surface area contributed by atoms with Gasteiger partial charge in [-0.3, -0.25) is 9.80 Å². The smallest absolute Gasteiger partial charge is 0.125 e. The molecule has 0 bridgehead atoms. The third kappa shape index (κ3) is 2.89. The van der Waals surface area contributed by atoms with Gasteiger partial charge in [-0.15, -0.1) is 0 Å². The van der Waals surface area contributed by atoms with E-state index >= 15 is 0 Å². The number of nitrogens with zero attached hydrogens (tertiary/aromatic N) is 2. The summed E-state index contributed by atoms with van der Waals surface area (Å²) in [6.07, 6.45) is -0.330. The van der Waals surface area contributed by atoms with E-state index in [-0.39, 0.29) is 6.10 Å². The van der Waals surface area contributed by atoms with Gasteiger partial charge < -0.3 is 4.74 Å². The van der Waals surface area contributed by atoms with E-state index in [1.807, 2.05) is 0 Å². The van der Waals surface area contributed by atoms with Crippen LogP contribution in [-0.4, -0.2) is 67.4 Å². The molecule has 2 rings (SSSR count). The van der Waals surface area contributed by atoms with Crippen molar-refractivity contribution in [3.8, 4) is 0 Å². The fourth-order valence-electron chi connectivity index (χ4n) is 2.27. The van der Waals surface area contributed by atoms with Crippen molar-refractivity contribution >= 4 is 0 Å². The van der Waals surface area contributed by atoms with E-state index in [0.29, 0.717) is 19.1 Å². The zero-order valence-corrected chi connectivity index (χ0v) is 9.66. The molecular weight excluding hydrogens is 195 g/mol. The van der Waals surface area contributed by atoms with Gasteiger partial charge in [-0.1, -0.05) is 0 Å². The Morgan fingerprint density at radius 1 is 1.33 bits per heavy atom. The number of halogens is 1. The van der Waals surface area contributed by atoms with Crippen LogP contribution in [0.1, 0.15) is 13.8 Å². The van der Waals surface area contributed by atoms with E-state index in [9.17, 15) is 4.39 Å². The first kappa shape index (κ1) is 11.3. The summed E-state index contributed by atoms with van der Waals surface area (Å²) < 4.78 is 18.3. The summed E-state index contributed by atoms with van der Waals surface area (Å²) in [5.41, 5.74) is 0. The molecule has 2 saturated heterocycles. The van der Waals surface area contributed by atoms with Crippen LogP contribution in [0.15, 0.2) is 0 Å². The van der Waals surface area contributed by atoms with Gasteiger partial charge in [0.2, 0.25) is 0 Å². The second-order valence-corrected chi connectivity index (χ2v) is 4.90. The minimum Gasteiger partial charge on any atom is -0.374 e. The van der Waals surface area contributed by atoms with Crippen molar-refractivity contribution < 1.29 is 9.13 Å². The first-order valence-corrected chi connectivity index (χ1v) is 5.87. The van der Waals surface area contributed by atoms with Crippen LogP contribution < -0.4 is 0 Å². The zero-order chi connectivity index (χ0) is 10.8. The topological polar surface area (TPSA) is 15.7 Å². The van der Waals surface area contributed by atoms with Crippen molar-refractivity contribution in [1.29, 1.82) is 0 Å². The first-order valence-electron chi connectivity index (χ1n) is 5.87. The molecular formula is C11H21FN2O. The maximum absolute atomic E-state index is 12.6. The molecule has 2 heterocycles. The normalized spacial score (nSPS) is 30.8. The molecule has 0 aromatic carbocycles. The molecule has 15 heavy (non-hydrogen) atoms. The summed E-state index contributed by atoms with van der Waals surface area (Å²) in [6, 6.07) is 0.585. The van der Waals surface area contributed by atoms with Crippen LogP contribution in [0.3, 0.4) is 0 Å². The number of morpholine rings is 1. The highest BCUT2D eigenvalue weighted by molar-refractivity contribution is 4.84. The minimum absolute atomic E-state index is 0.272. The molecule has 1 atom stereocenters. The summed E-state index contributed by atoms with van der Waals surface area (Å²) in [5.74, 6) is 0. The molecule has 2 aliphatic rings. The molecule has 0 aromatic heterocycles. The van der Waals surface area contributed by atoms with Gasteiger partial charge in [0.25, 0.3) is 0 Å². The molecule has 0 spiro atoms. The van der Waals surface area contributed by atoms with Gasteiger partial charge in [-0.2, -0.15) is 0 Å². The molecule has 2 aliphatic heterocycles. The van der Waals surface area contributed by atoms with Crippen molar-refractivity contribution in [3.05, 3.63) is 0 Å². The lowest BCUT2D eigenvalue weighted by Crippen LogP contribution is -2.55. The lowest BCUT2D eigenvalue weighted by Gasteiger charge is -2.41. The first-order chi connectivity index (χ1) is 7.15. The molecule has 2 fully saturated rings. The molecule has 0 saturated carbocycles. The third-order valence-corrected chi connectivity index (χ3v) is 3.27. The quantitative estimate of drug-likeness (QED) is 0.692. The van der Waals surface area contributed by atoms with Gasteiger partial charge in [0.05, 0.1) is 12.7 Å². The van der Waals surface area contributed by atoms with Crippen LogP contribution in [0.4, 0.5) is 4.39 Å². The van der Waals surface area contributed by atoms with Crippen LogP contribution in [-0.2, 0) is 4.74 Å². The molecule has 0 amide bonds. The zero-order valence-electron chi connectivity index (χ0n) is 9.66. The number of likely N-dealkylation sites (tertiary alicyclic amines) is 1. The SMILES string of the molecule is CC(C)N1CCO[C@H](CN2CC(F)C2)C1. The molecule has 0 N–H and O–H groups in total. The van der Waals surface area contributed by atoms with E-state index in [2.05, 4.69) is 23.6 Å². The Labute approximate surface area is 91.2 Å². The largest absolute Gasteiger partial charge is 0.374 e. The average Bonchev–Trinajstić information content (AvgIpc) is 2.16. The lowest BCUT2D eigenvalue weighted by molar-refractivity contribution is -0.0686. The van der Waals surface area contributed by atoms with Gasteiger partial charge in [0.15, 0.2) is 0 Å². The fourth-order valence-corrected chi connectivity index (χ4v) is 2.27. The highest BCUT2D eigenvalue weighted by Crippen LogP contribution is 2.15. The number of rotatable bonds is 3. The maximum atomic E-state index is 12.6. The van der Waals surface area contributed by atoms with Crippen LogP contribution in [0.2, 0.25) is 0 Å². The Kier molecular flexibility index (Phi) is 3.59. The highest BCUT2D eigenvalue weighted by Gasteiger charge is 2.30. The number of ether oxygens (including phenoxy) is 1. The molecule has 88 valence electrons. The maximum Gasteiger partial charge on any atom is 0.125 e. The number of hydrogen-bond acceptors (Lipinski definition) is 3. The Balaban J connectivity index is 1.73. The molecule has 0 aromatic rings. The van der Waals surface area contributed by atoms with Crippen molar-refractivity contribution in [3.63, 3.8) is 0 Å². The summed E-state index contributed by atoms with van der Waals surface area (Å²) in [6.45, 7) is 9.35. The van der Waals surface area contributed by atoms with Crippen molar-refractivity contribution in [2.45, 2.75) is 32.2 Å². The summed E-state index contributed by atoms with van der Waals surface area (Å²) >= 11 is 0. The molecule has 0 unspecified atom stereocenters. The summed E-state index contributed by atoms with van der Waals surface area (Å²) in [4.78, 5) is 4.57. The van der Waals surface area contributed by atoms with Gasteiger partial charge in [0, 0.05) is 38.8 Å². The monoisotopic (exact) mass is 216 g/mol. The standard InChI is InChI=1S/C11H21FN2O/c1-9(2)14-3-4-15-11(8-14)7-13-5-10(12)6-13/h9-11H,3-8H2,1-2H3/t11-/m1/s1. The van der Waals surface area contributed by atoms with Gasteiger partial charge in [0.1, 0.15) is 6.17 Å². The Bertz CT molecular complexity index is 207. The van der Waals surface area contributed by atoms with E-state index in [4.69, 9.17) is 4.74 Å². The summed E-state index contributed by atoms with van der Waals surface area (Å²) in [5, 5.41) is 0. The fraction of sp³-hybridized carbons (Fsp3) is 1.00. The van der Waals surface area contributed by atoms with Gasteiger partial charge >= 0.3 is 0 Å². The lowest BCUT2D eigenvalue weighted by atomic mass is 10.1. The Hall–Kier alpha value is -0.190. The molecule has 4 heteroatoms. The van der Waals surface area contributed by atoms with Gasteiger partial charge in [-0.25, -0.2) is 4.39 Å². The molecule has 0 radical (unpaired) electrons. The molecule has 0 aliphatic carbocycles. The predicted molar refractivity (Wildman–Crippen MR) is 57.8 cm³/mol. The van der Waals surface area contributed by atoms with E-state index in [0.717, 1.165) is 26.2 Å². The second-order valence-electron chi connectivity index (χ2n) is 4.90. The van der Waals surface area contributed by atoms with E-state index < -0.39 is 6.17 Å². The van der Waals surface area contributed by atoms with Crippen LogP contribution in [0, 0.1) is 0 Å². The van der Waals surface area contributed by atoms with Crippen LogP contribution >= 0.6 is 0 Å². The van der Waals surface area contributed by atoms with E-state index in [1.54, 1.807) is 0 Å². The van der Waals surface area contributed by atoms with Gasteiger partial charge in [-0.05, 0) is 13.8 Å². The van der Waals surface area contributed by atoms with Crippen molar-refractivity contribution in [2.75, 3.05) is 39.3 Å². The van der Waals surface area contributed by atoms with Crippen molar-refractivity contribution in [1.82, 2.24) is 9.80 Å². The second kappa shape index (κ2) is 4.76. The van der Waals surface area contributed by atoms with E-state index in [1.165, 1.54) is 0 Å². The Morgan fingerprint density at radius 2 is 2.07 bits per heavy atom. The minimum atomic E-state index is -0.602. The Morgan fingerprint density at radius 3 is 2.67 bits per heavy atom. The van der Waals surface area contributed by atoms with Crippen LogP contribution in [0.5, 0.6) is 0 Å².